The third-order valence-corrected chi connectivity index (χ3v) is 3.98. The van der Waals surface area contributed by atoms with Crippen molar-refractivity contribution in [1.82, 2.24) is 4.90 Å². The molecule has 2 aliphatic rings. The molecule has 0 aromatic carbocycles. The number of amides is 1. The topological polar surface area (TPSA) is 87.1 Å². The first-order chi connectivity index (χ1) is 8.64. The Morgan fingerprint density at radius 3 is 2.05 bits per heavy atom. The van der Waals surface area contributed by atoms with E-state index in [-0.39, 0.29) is 13.1 Å². The standard InChI is InChI=1S/C13H21NO5/c1-12(2,3)19-11(17)14-6-8-4-5-9(7-14)13(8,18)10(15)16/h8-9,18H,4-7H2,1-3H3,(H,15,16). The van der Waals surface area contributed by atoms with E-state index in [1.54, 1.807) is 20.8 Å². The van der Waals surface area contributed by atoms with Crippen molar-refractivity contribution < 1.29 is 24.5 Å². The van der Waals surface area contributed by atoms with Gasteiger partial charge in [0.15, 0.2) is 5.60 Å². The van der Waals surface area contributed by atoms with Crippen LogP contribution in [0.1, 0.15) is 33.6 Å². The minimum absolute atomic E-state index is 0.244. The van der Waals surface area contributed by atoms with E-state index in [9.17, 15) is 19.8 Å². The number of ether oxygens (including phenoxy) is 1. The largest absolute Gasteiger partial charge is 0.479 e. The number of hydrogen-bond acceptors (Lipinski definition) is 4. The maximum atomic E-state index is 12.0. The lowest BCUT2D eigenvalue weighted by Crippen LogP contribution is -2.59. The summed E-state index contributed by atoms with van der Waals surface area (Å²) >= 11 is 0. The zero-order chi connectivity index (χ0) is 14.4. The Morgan fingerprint density at radius 2 is 1.68 bits per heavy atom. The number of hydrogen-bond donors (Lipinski definition) is 2. The molecule has 1 heterocycles. The predicted octanol–water partition coefficient (Wildman–Crippen LogP) is 1.08. The van der Waals surface area contributed by atoms with Crippen LogP contribution in [-0.4, -0.2) is 51.5 Å². The SMILES string of the molecule is CC(C)(C)OC(=O)N1CC2CCC(C1)C2(O)C(=O)O. The van der Waals surface area contributed by atoms with Crippen LogP contribution < -0.4 is 0 Å². The molecule has 1 saturated carbocycles. The number of carboxylic acid groups (broad SMARTS) is 1. The summed E-state index contributed by atoms with van der Waals surface area (Å²) in [5.74, 6) is -1.99. The number of carbonyl (C=O) groups is 2. The quantitative estimate of drug-likeness (QED) is 0.745. The van der Waals surface area contributed by atoms with Crippen molar-refractivity contribution in [2.24, 2.45) is 11.8 Å². The van der Waals surface area contributed by atoms with Crippen LogP contribution in [0.4, 0.5) is 4.79 Å². The highest BCUT2D eigenvalue weighted by Gasteiger charge is 2.59. The number of likely N-dealkylation sites (tertiary alicyclic amines) is 1. The Balaban J connectivity index is 2.09. The van der Waals surface area contributed by atoms with Gasteiger partial charge in [-0.25, -0.2) is 9.59 Å². The molecule has 2 fully saturated rings. The average molecular weight is 271 g/mol. The fourth-order valence-electron chi connectivity index (χ4n) is 3.07. The van der Waals surface area contributed by atoms with Gasteiger partial charge in [0.25, 0.3) is 0 Å². The minimum atomic E-state index is -1.68. The van der Waals surface area contributed by atoms with Crippen LogP contribution in [0.3, 0.4) is 0 Å². The summed E-state index contributed by atoms with van der Waals surface area (Å²) in [4.78, 5) is 24.8. The summed E-state index contributed by atoms with van der Waals surface area (Å²) in [6.07, 6.45) is 0.830. The molecule has 1 saturated heterocycles. The predicted molar refractivity (Wildman–Crippen MR) is 66.6 cm³/mol. The highest BCUT2D eigenvalue weighted by molar-refractivity contribution is 5.79. The van der Waals surface area contributed by atoms with Crippen molar-refractivity contribution in [3.63, 3.8) is 0 Å². The van der Waals surface area contributed by atoms with E-state index in [2.05, 4.69) is 0 Å². The minimum Gasteiger partial charge on any atom is -0.479 e. The molecule has 0 aromatic rings. The number of carboxylic acids is 1. The van der Waals surface area contributed by atoms with E-state index in [4.69, 9.17) is 4.74 Å². The van der Waals surface area contributed by atoms with Crippen LogP contribution in [0.15, 0.2) is 0 Å². The maximum absolute atomic E-state index is 12.0. The van der Waals surface area contributed by atoms with Gasteiger partial charge in [0.1, 0.15) is 5.60 Å². The smallest absolute Gasteiger partial charge is 0.410 e. The summed E-state index contributed by atoms with van der Waals surface area (Å²) in [6.45, 7) is 5.85. The van der Waals surface area contributed by atoms with Crippen molar-refractivity contribution in [3.8, 4) is 0 Å². The molecule has 0 spiro atoms. The second-order valence-electron chi connectivity index (χ2n) is 6.49. The summed E-state index contributed by atoms with van der Waals surface area (Å²) in [5.41, 5.74) is -2.25. The molecule has 108 valence electrons. The Labute approximate surface area is 112 Å². The second-order valence-corrected chi connectivity index (χ2v) is 6.49. The van der Waals surface area contributed by atoms with Crippen LogP contribution in [0, 0.1) is 11.8 Å². The van der Waals surface area contributed by atoms with Gasteiger partial charge in [-0.05, 0) is 33.6 Å². The van der Waals surface area contributed by atoms with Crippen molar-refractivity contribution in [3.05, 3.63) is 0 Å². The second kappa shape index (κ2) is 4.37. The van der Waals surface area contributed by atoms with Gasteiger partial charge in [0.05, 0.1) is 0 Å². The molecule has 2 bridgehead atoms. The molecule has 1 aliphatic heterocycles. The third-order valence-electron chi connectivity index (χ3n) is 3.98. The molecule has 19 heavy (non-hydrogen) atoms. The van der Waals surface area contributed by atoms with Crippen molar-refractivity contribution in [2.75, 3.05) is 13.1 Å². The lowest BCUT2D eigenvalue weighted by molar-refractivity contribution is -0.174. The van der Waals surface area contributed by atoms with Gasteiger partial charge < -0.3 is 19.8 Å². The molecular weight excluding hydrogens is 250 g/mol. The first kappa shape index (κ1) is 14.1. The average Bonchev–Trinajstić information content (AvgIpc) is 2.48. The highest BCUT2D eigenvalue weighted by Crippen LogP contribution is 2.45. The Bertz CT molecular complexity index is 386. The van der Waals surface area contributed by atoms with E-state index < -0.39 is 35.1 Å². The number of piperidine rings is 1. The summed E-state index contributed by atoms with van der Waals surface area (Å²) in [6, 6.07) is 0. The monoisotopic (exact) mass is 271 g/mol. The zero-order valence-corrected chi connectivity index (χ0v) is 11.5. The molecule has 2 rings (SSSR count). The van der Waals surface area contributed by atoms with Gasteiger partial charge in [-0.1, -0.05) is 0 Å². The molecular formula is C13H21NO5. The van der Waals surface area contributed by atoms with Crippen molar-refractivity contribution in [1.29, 1.82) is 0 Å². The normalized spacial score (nSPS) is 34.2. The zero-order valence-electron chi connectivity index (χ0n) is 11.5. The number of aliphatic hydroxyl groups is 1. The van der Waals surface area contributed by atoms with Gasteiger partial charge in [-0.2, -0.15) is 0 Å². The molecule has 6 nitrogen and oxygen atoms in total. The number of aliphatic carboxylic acids is 1. The van der Waals surface area contributed by atoms with Gasteiger partial charge >= 0.3 is 12.1 Å². The number of fused-ring (bicyclic) bond motifs is 2. The summed E-state index contributed by atoms with van der Waals surface area (Å²) in [7, 11) is 0. The van der Waals surface area contributed by atoms with Crippen LogP contribution in [0.5, 0.6) is 0 Å². The van der Waals surface area contributed by atoms with Crippen LogP contribution in [0.25, 0.3) is 0 Å². The van der Waals surface area contributed by atoms with Gasteiger partial charge in [0.2, 0.25) is 0 Å². The summed E-state index contributed by atoms with van der Waals surface area (Å²) in [5, 5.41) is 19.5. The molecule has 2 atom stereocenters. The van der Waals surface area contributed by atoms with E-state index in [1.807, 2.05) is 0 Å². The van der Waals surface area contributed by atoms with E-state index in [1.165, 1.54) is 4.90 Å². The number of rotatable bonds is 1. The van der Waals surface area contributed by atoms with Gasteiger partial charge in [0, 0.05) is 24.9 Å². The number of carbonyl (C=O) groups excluding carboxylic acids is 1. The van der Waals surface area contributed by atoms with Crippen LogP contribution in [-0.2, 0) is 9.53 Å². The fraction of sp³-hybridized carbons (Fsp3) is 0.846. The third kappa shape index (κ3) is 2.41. The molecule has 2 N–H and O–H groups in total. The molecule has 6 heteroatoms. The van der Waals surface area contributed by atoms with Gasteiger partial charge in [-0.15, -0.1) is 0 Å². The fourth-order valence-corrected chi connectivity index (χ4v) is 3.07. The molecule has 0 radical (unpaired) electrons. The van der Waals surface area contributed by atoms with Crippen molar-refractivity contribution >= 4 is 12.1 Å². The van der Waals surface area contributed by atoms with E-state index in [0.29, 0.717) is 12.8 Å². The Morgan fingerprint density at radius 1 is 1.21 bits per heavy atom. The van der Waals surface area contributed by atoms with Crippen LogP contribution >= 0.6 is 0 Å². The van der Waals surface area contributed by atoms with E-state index >= 15 is 0 Å². The molecule has 1 amide bonds. The first-order valence-corrected chi connectivity index (χ1v) is 6.58. The summed E-state index contributed by atoms with van der Waals surface area (Å²) < 4.78 is 5.29. The lowest BCUT2D eigenvalue weighted by Gasteiger charge is -2.41. The molecule has 1 aliphatic carbocycles. The molecule has 2 unspecified atom stereocenters. The van der Waals surface area contributed by atoms with Crippen molar-refractivity contribution in [2.45, 2.75) is 44.8 Å². The first-order valence-electron chi connectivity index (χ1n) is 6.58. The number of nitrogens with zero attached hydrogens (tertiary/aromatic N) is 1. The lowest BCUT2D eigenvalue weighted by atomic mass is 9.80. The van der Waals surface area contributed by atoms with Gasteiger partial charge in [-0.3, -0.25) is 0 Å². The highest BCUT2D eigenvalue weighted by atomic mass is 16.6. The Hall–Kier alpha value is -1.30. The van der Waals surface area contributed by atoms with E-state index in [0.717, 1.165) is 0 Å². The van der Waals surface area contributed by atoms with Crippen LogP contribution in [0.2, 0.25) is 0 Å². The Kier molecular flexibility index (Phi) is 3.24. The molecule has 0 aromatic heterocycles. The maximum Gasteiger partial charge on any atom is 0.410 e.